The molecule has 2 atom stereocenters. The molecule has 6 nitrogen and oxygen atoms in total. The maximum absolute atomic E-state index is 11.8. The van der Waals surface area contributed by atoms with Gasteiger partial charge in [0.2, 0.25) is 0 Å². The largest absolute Gasteiger partial charge is 0.393 e. The van der Waals surface area contributed by atoms with Crippen LogP contribution < -0.4 is 5.32 Å². The van der Waals surface area contributed by atoms with Crippen molar-refractivity contribution in [2.75, 3.05) is 13.6 Å². The predicted molar refractivity (Wildman–Crippen MR) is 64.7 cm³/mol. The highest BCUT2D eigenvalue weighted by Gasteiger charge is 2.27. The van der Waals surface area contributed by atoms with E-state index in [0.717, 1.165) is 19.3 Å². The van der Waals surface area contributed by atoms with Crippen LogP contribution in [-0.2, 0) is 6.54 Å². The fourth-order valence-electron chi connectivity index (χ4n) is 2.29. The first-order valence-corrected chi connectivity index (χ1v) is 6.23. The number of aliphatic hydroxyl groups excluding tert-OH is 1. The topological polar surface area (TPSA) is 78.6 Å². The molecule has 0 aliphatic heterocycles. The monoisotopic (exact) mass is 253 g/mol. The van der Waals surface area contributed by atoms with E-state index in [1.807, 2.05) is 0 Å². The zero-order valence-electron chi connectivity index (χ0n) is 10.5. The van der Waals surface area contributed by atoms with Gasteiger partial charge in [-0.15, -0.1) is 0 Å². The van der Waals surface area contributed by atoms with E-state index in [1.54, 1.807) is 18.0 Å². The fourth-order valence-corrected chi connectivity index (χ4v) is 2.29. The van der Waals surface area contributed by atoms with Crippen molar-refractivity contribution in [3.05, 3.63) is 18.0 Å². The number of hydrogen-bond donors (Lipinski definition) is 2. The minimum Gasteiger partial charge on any atom is -0.393 e. The molecule has 0 bridgehead atoms. The van der Waals surface area contributed by atoms with Crippen LogP contribution in [0.15, 0.2) is 16.9 Å². The second kappa shape index (κ2) is 5.86. The number of urea groups is 1. The third-order valence-corrected chi connectivity index (χ3v) is 3.39. The Balaban J connectivity index is 1.74. The Labute approximate surface area is 106 Å². The predicted octanol–water partition coefficient (Wildman–Crippen LogP) is 0.977. The SMILES string of the molecule is CN(C[C@H]1CCC[C@@H]1O)C(=O)NCc1ccon1. The van der Waals surface area contributed by atoms with Gasteiger partial charge in [-0.05, 0) is 12.8 Å². The molecule has 2 rings (SSSR count). The average molecular weight is 253 g/mol. The van der Waals surface area contributed by atoms with Gasteiger partial charge in [0, 0.05) is 25.6 Å². The minimum atomic E-state index is -0.268. The van der Waals surface area contributed by atoms with E-state index in [1.165, 1.54) is 6.26 Å². The van der Waals surface area contributed by atoms with Gasteiger partial charge in [-0.25, -0.2) is 4.79 Å². The third kappa shape index (κ3) is 3.22. The lowest BCUT2D eigenvalue weighted by molar-refractivity contribution is 0.114. The van der Waals surface area contributed by atoms with Gasteiger partial charge in [0.05, 0.1) is 12.6 Å². The molecular weight excluding hydrogens is 234 g/mol. The molecule has 18 heavy (non-hydrogen) atoms. The van der Waals surface area contributed by atoms with Crippen LogP contribution in [-0.4, -0.2) is 40.9 Å². The van der Waals surface area contributed by atoms with Gasteiger partial charge in [0.25, 0.3) is 0 Å². The van der Waals surface area contributed by atoms with E-state index in [0.29, 0.717) is 18.8 Å². The van der Waals surface area contributed by atoms with Gasteiger partial charge in [-0.1, -0.05) is 11.6 Å². The molecule has 1 heterocycles. The van der Waals surface area contributed by atoms with E-state index in [4.69, 9.17) is 0 Å². The molecule has 1 fully saturated rings. The van der Waals surface area contributed by atoms with Crippen LogP contribution >= 0.6 is 0 Å². The van der Waals surface area contributed by atoms with Gasteiger partial charge < -0.3 is 19.8 Å². The number of nitrogens with one attached hydrogen (secondary N) is 1. The quantitative estimate of drug-likeness (QED) is 0.838. The Morgan fingerprint density at radius 2 is 2.50 bits per heavy atom. The normalized spacial score (nSPS) is 23.0. The third-order valence-electron chi connectivity index (χ3n) is 3.39. The zero-order valence-corrected chi connectivity index (χ0v) is 10.5. The molecule has 2 amide bonds. The second-order valence-electron chi connectivity index (χ2n) is 4.79. The van der Waals surface area contributed by atoms with Crippen molar-refractivity contribution < 1.29 is 14.4 Å². The summed E-state index contributed by atoms with van der Waals surface area (Å²) in [5.41, 5.74) is 0.692. The lowest BCUT2D eigenvalue weighted by Gasteiger charge is -2.23. The Hall–Kier alpha value is -1.56. The van der Waals surface area contributed by atoms with Crippen molar-refractivity contribution in [3.63, 3.8) is 0 Å². The number of hydrogen-bond acceptors (Lipinski definition) is 4. The highest BCUT2D eigenvalue weighted by Crippen LogP contribution is 2.25. The average Bonchev–Trinajstić information content (AvgIpc) is 2.99. The molecule has 1 aromatic heterocycles. The highest BCUT2D eigenvalue weighted by molar-refractivity contribution is 5.73. The highest BCUT2D eigenvalue weighted by atomic mass is 16.5. The molecule has 1 aliphatic rings. The van der Waals surface area contributed by atoms with Crippen LogP contribution in [0.3, 0.4) is 0 Å². The number of aliphatic hydroxyl groups is 1. The van der Waals surface area contributed by atoms with Gasteiger partial charge in [-0.2, -0.15) is 0 Å². The van der Waals surface area contributed by atoms with E-state index >= 15 is 0 Å². The first kappa shape index (κ1) is 12.9. The number of nitrogens with zero attached hydrogens (tertiary/aromatic N) is 2. The molecule has 0 aromatic carbocycles. The number of carbonyl (C=O) groups excluding carboxylic acids is 1. The summed E-state index contributed by atoms with van der Waals surface area (Å²) < 4.78 is 4.68. The van der Waals surface area contributed by atoms with Crippen LogP contribution in [0, 0.1) is 5.92 Å². The van der Waals surface area contributed by atoms with E-state index in [9.17, 15) is 9.90 Å². The van der Waals surface area contributed by atoms with Gasteiger partial charge in [0.1, 0.15) is 12.0 Å². The molecule has 1 aliphatic carbocycles. The number of rotatable bonds is 4. The molecule has 6 heteroatoms. The lowest BCUT2D eigenvalue weighted by atomic mass is 10.1. The number of amides is 2. The molecule has 0 radical (unpaired) electrons. The van der Waals surface area contributed by atoms with Crippen LogP contribution in [0.4, 0.5) is 4.79 Å². The molecule has 1 saturated carbocycles. The Kier molecular flexibility index (Phi) is 4.19. The summed E-state index contributed by atoms with van der Waals surface area (Å²) in [6, 6.07) is 1.55. The van der Waals surface area contributed by atoms with Crippen LogP contribution in [0.1, 0.15) is 25.0 Å². The maximum atomic E-state index is 11.8. The summed E-state index contributed by atoms with van der Waals surface area (Å²) in [5, 5.41) is 16.2. The second-order valence-corrected chi connectivity index (χ2v) is 4.79. The Morgan fingerprint density at radius 3 is 3.11 bits per heavy atom. The van der Waals surface area contributed by atoms with Crippen molar-refractivity contribution in [3.8, 4) is 0 Å². The summed E-state index contributed by atoms with van der Waals surface area (Å²) in [6.45, 7) is 0.943. The first-order valence-electron chi connectivity index (χ1n) is 6.23. The molecule has 2 N–H and O–H groups in total. The van der Waals surface area contributed by atoms with Crippen molar-refractivity contribution in [2.24, 2.45) is 5.92 Å². The number of carbonyl (C=O) groups is 1. The number of aromatic nitrogens is 1. The Morgan fingerprint density at radius 1 is 1.67 bits per heavy atom. The van der Waals surface area contributed by atoms with Gasteiger partial charge >= 0.3 is 6.03 Å². The van der Waals surface area contributed by atoms with E-state index in [2.05, 4.69) is 15.0 Å². The van der Waals surface area contributed by atoms with Crippen molar-refractivity contribution in [2.45, 2.75) is 31.9 Å². The summed E-state index contributed by atoms with van der Waals surface area (Å²) in [5.74, 6) is 0.202. The lowest BCUT2D eigenvalue weighted by Crippen LogP contribution is -2.40. The summed E-state index contributed by atoms with van der Waals surface area (Å²) >= 11 is 0. The molecule has 0 spiro atoms. The van der Waals surface area contributed by atoms with Gasteiger partial charge in [-0.3, -0.25) is 0 Å². The Bertz CT molecular complexity index is 380. The van der Waals surface area contributed by atoms with Crippen LogP contribution in [0.25, 0.3) is 0 Å². The van der Waals surface area contributed by atoms with E-state index in [-0.39, 0.29) is 18.1 Å². The summed E-state index contributed by atoms with van der Waals surface area (Å²) in [6.07, 6.45) is 4.08. The van der Waals surface area contributed by atoms with Crippen molar-refractivity contribution >= 4 is 6.03 Å². The molecular formula is C12H19N3O3. The summed E-state index contributed by atoms with van der Waals surface area (Å²) in [4.78, 5) is 13.4. The van der Waals surface area contributed by atoms with Crippen molar-refractivity contribution in [1.82, 2.24) is 15.4 Å². The van der Waals surface area contributed by atoms with E-state index < -0.39 is 0 Å². The standard InChI is InChI=1S/C12H19N3O3/c1-15(8-9-3-2-4-11(9)16)12(17)13-7-10-5-6-18-14-10/h5-6,9,11,16H,2-4,7-8H2,1H3,(H,13,17)/t9-,11+/m1/s1. The molecule has 100 valence electrons. The fraction of sp³-hybridized carbons (Fsp3) is 0.667. The summed E-state index contributed by atoms with van der Waals surface area (Å²) in [7, 11) is 1.74. The first-order chi connectivity index (χ1) is 8.66. The van der Waals surface area contributed by atoms with Crippen molar-refractivity contribution in [1.29, 1.82) is 0 Å². The molecule has 0 unspecified atom stereocenters. The molecule has 0 saturated heterocycles. The van der Waals surface area contributed by atoms with Gasteiger partial charge in [0.15, 0.2) is 0 Å². The zero-order chi connectivity index (χ0) is 13.0. The smallest absolute Gasteiger partial charge is 0.317 e. The minimum absolute atomic E-state index is 0.155. The molecule has 1 aromatic rings. The maximum Gasteiger partial charge on any atom is 0.317 e. The van der Waals surface area contributed by atoms with Crippen LogP contribution in [0.2, 0.25) is 0 Å². The van der Waals surface area contributed by atoms with Crippen LogP contribution in [0.5, 0.6) is 0 Å².